The van der Waals surface area contributed by atoms with Crippen molar-refractivity contribution in [3.05, 3.63) is 41.5 Å². The summed E-state index contributed by atoms with van der Waals surface area (Å²) in [5.74, 6) is -0.405. The van der Waals surface area contributed by atoms with E-state index in [9.17, 15) is 9.59 Å². The topological polar surface area (TPSA) is 43.4 Å². The molecule has 0 aliphatic heterocycles. The maximum absolute atomic E-state index is 12.3. The molecule has 20 heavy (non-hydrogen) atoms. The van der Waals surface area contributed by atoms with Crippen LogP contribution in [0.1, 0.15) is 38.7 Å². The van der Waals surface area contributed by atoms with E-state index in [1.807, 2.05) is 37.3 Å². The fourth-order valence-corrected chi connectivity index (χ4v) is 3.04. The van der Waals surface area contributed by atoms with Gasteiger partial charge in [-0.15, -0.1) is 0 Å². The van der Waals surface area contributed by atoms with Crippen LogP contribution in [0.25, 0.3) is 5.57 Å². The Bertz CT molecular complexity index is 530. The fourth-order valence-electron chi connectivity index (χ4n) is 3.04. The SMILES string of the molecule is CCOC(=O)[C@@]1(C=O)CCC(c2ccccc2)=C1CC. The van der Waals surface area contributed by atoms with E-state index in [1.54, 1.807) is 6.92 Å². The van der Waals surface area contributed by atoms with Crippen LogP contribution >= 0.6 is 0 Å². The standard InChI is InChI=1S/C17H20O3/c1-3-15-14(13-8-6-5-7-9-13)10-11-17(15,12-18)16(19)20-4-2/h5-9,12H,3-4,10-11H2,1-2H3/t17-/m1/s1. The van der Waals surface area contributed by atoms with Crippen molar-refractivity contribution in [2.75, 3.05) is 6.61 Å². The van der Waals surface area contributed by atoms with Gasteiger partial charge in [-0.25, -0.2) is 0 Å². The lowest BCUT2D eigenvalue weighted by Gasteiger charge is -2.23. The van der Waals surface area contributed by atoms with E-state index >= 15 is 0 Å². The van der Waals surface area contributed by atoms with Crippen molar-refractivity contribution in [1.82, 2.24) is 0 Å². The molecule has 0 spiro atoms. The summed E-state index contributed by atoms with van der Waals surface area (Å²) in [6.45, 7) is 4.05. The third-order valence-corrected chi connectivity index (χ3v) is 3.99. The molecule has 1 aromatic rings. The minimum absolute atomic E-state index is 0.298. The maximum atomic E-state index is 12.3. The summed E-state index contributed by atoms with van der Waals surface area (Å²) in [5, 5.41) is 0. The molecule has 0 bridgehead atoms. The van der Waals surface area contributed by atoms with Gasteiger partial charge >= 0.3 is 5.97 Å². The summed E-state index contributed by atoms with van der Waals surface area (Å²) in [7, 11) is 0. The van der Waals surface area contributed by atoms with Gasteiger partial charge in [0.05, 0.1) is 6.61 Å². The van der Waals surface area contributed by atoms with E-state index in [4.69, 9.17) is 4.74 Å². The average molecular weight is 272 g/mol. The Morgan fingerprint density at radius 1 is 1.30 bits per heavy atom. The van der Waals surface area contributed by atoms with Crippen LogP contribution in [0.5, 0.6) is 0 Å². The van der Waals surface area contributed by atoms with Crippen LogP contribution in [0.4, 0.5) is 0 Å². The van der Waals surface area contributed by atoms with Crippen molar-refractivity contribution in [2.24, 2.45) is 5.41 Å². The highest BCUT2D eigenvalue weighted by Gasteiger charge is 2.47. The number of ether oxygens (including phenoxy) is 1. The van der Waals surface area contributed by atoms with E-state index in [2.05, 4.69) is 0 Å². The molecular formula is C17H20O3. The zero-order chi connectivity index (χ0) is 14.6. The molecule has 0 saturated carbocycles. The fraction of sp³-hybridized carbons (Fsp3) is 0.412. The number of hydrogen-bond acceptors (Lipinski definition) is 3. The molecule has 0 amide bonds. The van der Waals surface area contributed by atoms with E-state index in [0.717, 1.165) is 29.4 Å². The van der Waals surface area contributed by atoms with Gasteiger partial charge in [0.25, 0.3) is 0 Å². The Morgan fingerprint density at radius 3 is 2.55 bits per heavy atom. The predicted octanol–water partition coefficient (Wildman–Crippen LogP) is 3.39. The second kappa shape index (κ2) is 6.04. The highest BCUT2D eigenvalue weighted by molar-refractivity contribution is 6.01. The molecule has 1 aliphatic carbocycles. The molecule has 1 atom stereocenters. The molecule has 1 aliphatic rings. The molecule has 0 unspecified atom stereocenters. The molecule has 1 aromatic carbocycles. The minimum atomic E-state index is -1.07. The number of aldehydes is 1. The third kappa shape index (κ3) is 2.28. The summed E-state index contributed by atoms with van der Waals surface area (Å²) < 4.78 is 5.13. The molecule has 0 fully saturated rings. The number of carbonyl (C=O) groups is 2. The first-order valence-electron chi connectivity index (χ1n) is 7.11. The second-order valence-electron chi connectivity index (χ2n) is 4.99. The Balaban J connectivity index is 2.49. The second-order valence-corrected chi connectivity index (χ2v) is 4.99. The van der Waals surface area contributed by atoms with Crippen LogP contribution in [0, 0.1) is 5.41 Å². The van der Waals surface area contributed by atoms with Gasteiger partial charge in [-0.3, -0.25) is 4.79 Å². The lowest BCUT2D eigenvalue weighted by molar-refractivity contribution is -0.154. The smallest absolute Gasteiger partial charge is 0.323 e. The van der Waals surface area contributed by atoms with Gasteiger partial charge in [-0.1, -0.05) is 37.3 Å². The van der Waals surface area contributed by atoms with E-state index in [0.29, 0.717) is 19.4 Å². The largest absolute Gasteiger partial charge is 0.465 e. The molecular weight excluding hydrogens is 252 g/mol. The molecule has 0 saturated heterocycles. The Hall–Kier alpha value is -1.90. The van der Waals surface area contributed by atoms with Crippen LogP contribution in [-0.4, -0.2) is 18.9 Å². The molecule has 3 nitrogen and oxygen atoms in total. The molecule has 0 N–H and O–H groups in total. The first kappa shape index (κ1) is 14.5. The van der Waals surface area contributed by atoms with Crippen molar-refractivity contribution in [3.63, 3.8) is 0 Å². The summed E-state index contributed by atoms with van der Waals surface area (Å²) in [6, 6.07) is 9.96. The first-order valence-corrected chi connectivity index (χ1v) is 7.11. The first-order chi connectivity index (χ1) is 9.69. The van der Waals surface area contributed by atoms with E-state index < -0.39 is 11.4 Å². The molecule has 0 aromatic heterocycles. The lowest BCUT2D eigenvalue weighted by Crippen LogP contribution is -2.34. The quantitative estimate of drug-likeness (QED) is 0.469. The van der Waals surface area contributed by atoms with Crippen molar-refractivity contribution < 1.29 is 14.3 Å². The third-order valence-electron chi connectivity index (χ3n) is 3.99. The van der Waals surface area contributed by atoms with Gasteiger partial charge in [0.2, 0.25) is 0 Å². The normalized spacial score (nSPS) is 21.9. The average Bonchev–Trinajstić information content (AvgIpc) is 2.88. The van der Waals surface area contributed by atoms with Crippen molar-refractivity contribution in [2.45, 2.75) is 33.1 Å². The Morgan fingerprint density at radius 2 is 2.00 bits per heavy atom. The number of rotatable bonds is 5. The van der Waals surface area contributed by atoms with Gasteiger partial charge < -0.3 is 9.53 Å². The van der Waals surface area contributed by atoms with Crippen LogP contribution in [0.15, 0.2) is 35.9 Å². The van der Waals surface area contributed by atoms with Crippen LogP contribution < -0.4 is 0 Å². The van der Waals surface area contributed by atoms with Crippen LogP contribution in [0.2, 0.25) is 0 Å². The number of allylic oxidation sites excluding steroid dienone is 1. The minimum Gasteiger partial charge on any atom is -0.465 e. The highest BCUT2D eigenvalue weighted by Crippen LogP contribution is 2.47. The summed E-state index contributed by atoms with van der Waals surface area (Å²) in [5.41, 5.74) is 2.05. The van der Waals surface area contributed by atoms with Crippen LogP contribution in [0.3, 0.4) is 0 Å². The zero-order valence-corrected chi connectivity index (χ0v) is 12.0. The molecule has 3 heteroatoms. The van der Waals surface area contributed by atoms with Gasteiger partial charge in [-0.2, -0.15) is 0 Å². The summed E-state index contributed by atoms with van der Waals surface area (Å²) in [4.78, 5) is 23.9. The van der Waals surface area contributed by atoms with Crippen LogP contribution in [-0.2, 0) is 14.3 Å². The number of benzene rings is 1. The zero-order valence-electron chi connectivity index (χ0n) is 12.0. The molecule has 0 heterocycles. The highest BCUT2D eigenvalue weighted by atomic mass is 16.5. The van der Waals surface area contributed by atoms with Gasteiger partial charge in [0.1, 0.15) is 11.7 Å². The van der Waals surface area contributed by atoms with Gasteiger partial charge in [0.15, 0.2) is 0 Å². The Labute approximate surface area is 119 Å². The van der Waals surface area contributed by atoms with E-state index in [1.165, 1.54) is 0 Å². The molecule has 0 radical (unpaired) electrons. The number of carbonyl (C=O) groups excluding carboxylic acids is 2. The molecule has 2 rings (SSSR count). The van der Waals surface area contributed by atoms with E-state index in [-0.39, 0.29) is 0 Å². The summed E-state index contributed by atoms with van der Waals surface area (Å²) in [6.07, 6.45) is 2.72. The summed E-state index contributed by atoms with van der Waals surface area (Å²) >= 11 is 0. The van der Waals surface area contributed by atoms with Gasteiger partial charge in [-0.05, 0) is 42.9 Å². The molecule has 106 valence electrons. The monoisotopic (exact) mass is 272 g/mol. The van der Waals surface area contributed by atoms with Gasteiger partial charge in [0, 0.05) is 0 Å². The van der Waals surface area contributed by atoms with Crippen molar-refractivity contribution in [1.29, 1.82) is 0 Å². The van der Waals surface area contributed by atoms with Crippen molar-refractivity contribution in [3.8, 4) is 0 Å². The lowest BCUT2D eigenvalue weighted by atomic mass is 9.80. The number of hydrogen-bond donors (Lipinski definition) is 0. The van der Waals surface area contributed by atoms with Crippen molar-refractivity contribution >= 4 is 17.8 Å². The Kier molecular flexibility index (Phi) is 4.38. The maximum Gasteiger partial charge on any atom is 0.323 e. The predicted molar refractivity (Wildman–Crippen MR) is 78.0 cm³/mol. The number of esters is 1.